The Bertz CT molecular complexity index is 1220. The minimum Gasteiger partial charge on any atom is -0.369 e. The van der Waals surface area contributed by atoms with Crippen molar-refractivity contribution in [3.05, 3.63) is 53.6 Å². The zero-order valence-electron chi connectivity index (χ0n) is 16.0. The molecule has 3 N–H and O–H groups in total. The molecule has 1 aliphatic heterocycles. The van der Waals surface area contributed by atoms with Crippen LogP contribution in [0.3, 0.4) is 0 Å². The van der Waals surface area contributed by atoms with Crippen molar-refractivity contribution < 1.29 is 14.7 Å². The maximum Gasteiger partial charge on any atom is 0.268 e. The molecule has 1 saturated heterocycles. The molecule has 0 spiro atoms. The number of primary amides is 1. The first kappa shape index (κ1) is 18.7. The molecule has 8 heteroatoms. The van der Waals surface area contributed by atoms with Crippen molar-refractivity contribution in [3.63, 3.8) is 0 Å². The maximum atomic E-state index is 12.1. The fourth-order valence-electron chi connectivity index (χ4n) is 3.31. The number of aryl methyl sites for hydroxylation is 1. The number of nitrogens with zero attached hydrogens (tertiary/aromatic N) is 4. The Morgan fingerprint density at radius 3 is 2.86 bits per heavy atom. The number of fused-ring (bicyclic) bond motifs is 1. The predicted octanol–water partition coefficient (Wildman–Crippen LogP) is 0.748. The summed E-state index contributed by atoms with van der Waals surface area (Å²) < 4.78 is 1.76. The van der Waals surface area contributed by atoms with Gasteiger partial charge in [0, 0.05) is 49.2 Å². The molecule has 4 rings (SSSR count). The Balaban J connectivity index is 1.79. The molecule has 0 bridgehead atoms. The molecule has 0 radical (unpaired) electrons. The van der Waals surface area contributed by atoms with Crippen LogP contribution in [-0.2, 0) is 4.79 Å². The number of aromatic nitrogens is 3. The summed E-state index contributed by atoms with van der Waals surface area (Å²) in [5, 5.41) is 10.5. The Kier molecular flexibility index (Phi) is 4.32. The fourth-order valence-corrected chi connectivity index (χ4v) is 3.31. The number of benzene rings is 1. The van der Waals surface area contributed by atoms with E-state index < -0.39 is 17.4 Å². The monoisotopic (exact) mass is 389 g/mol. The number of carbonyl (C=O) groups is 2. The van der Waals surface area contributed by atoms with Gasteiger partial charge in [0.1, 0.15) is 11.4 Å². The van der Waals surface area contributed by atoms with E-state index in [2.05, 4.69) is 21.8 Å². The quantitative estimate of drug-likeness (QED) is 0.628. The number of amides is 2. The molecule has 3 heterocycles. The third kappa shape index (κ3) is 3.22. The fraction of sp³-hybridized carbons (Fsp3) is 0.238. The smallest absolute Gasteiger partial charge is 0.268 e. The third-order valence-electron chi connectivity index (χ3n) is 4.99. The summed E-state index contributed by atoms with van der Waals surface area (Å²) in [6.45, 7) is 2.33. The first-order valence-corrected chi connectivity index (χ1v) is 9.04. The van der Waals surface area contributed by atoms with Crippen molar-refractivity contribution in [3.8, 4) is 23.1 Å². The van der Waals surface area contributed by atoms with Gasteiger partial charge >= 0.3 is 0 Å². The number of hydrogen-bond donors (Lipinski definition) is 2. The number of imidazole rings is 1. The molecule has 2 aromatic heterocycles. The van der Waals surface area contributed by atoms with E-state index in [0.29, 0.717) is 29.0 Å². The largest absolute Gasteiger partial charge is 0.369 e. The highest BCUT2D eigenvalue weighted by molar-refractivity contribution is 5.92. The molecule has 1 unspecified atom stereocenters. The van der Waals surface area contributed by atoms with Gasteiger partial charge in [-0.2, -0.15) is 0 Å². The Morgan fingerprint density at radius 1 is 1.38 bits per heavy atom. The van der Waals surface area contributed by atoms with Crippen LogP contribution in [0.1, 0.15) is 28.2 Å². The highest BCUT2D eigenvalue weighted by Gasteiger charge is 2.42. The molecule has 0 saturated carbocycles. The lowest BCUT2D eigenvalue weighted by Crippen LogP contribution is -2.37. The molecular formula is C21H19N5O3. The van der Waals surface area contributed by atoms with Crippen LogP contribution in [0.5, 0.6) is 0 Å². The van der Waals surface area contributed by atoms with E-state index in [-0.39, 0.29) is 12.1 Å². The predicted molar refractivity (Wildman–Crippen MR) is 106 cm³/mol. The lowest BCUT2D eigenvalue weighted by molar-refractivity contribution is -0.137. The zero-order valence-corrected chi connectivity index (χ0v) is 16.0. The number of rotatable bonds is 2. The SMILES string of the molecule is Cc1cnc2c(-c3cccc(C#CC4(O)CCN(C)C4=O)c3)nc(C(N)=O)cn12. The van der Waals surface area contributed by atoms with E-state index in [1.165, 1.54) is 4.90 Å². The molecule has 2 amide bonds. The summed E-state index contributed by atoms with van der Waals surface area (Å²) >= 11 is 0. The highest BCUT2D eigenvalue weighted by Crippen LogP contribution is 2.25. The second-order valence-corrected chi connectivity index (χ2v) is 7.10. The van der Waals surface area contributed by atoms with Gasteiger partial charge in [0.05, 0.1) is 0 Å². The van der Waals surface area contributed by atoms with Crippen LogP contribution in [0.15, 0.2) is 36.7 Å². The van der Waals surface area contributed by atoms with Crippen LogP contribution in [0, 0.1) is 18.8 Å². The minimum absolute atomic E-state index is 0.124. The Hall–Kier alpha value is -3.70. The molecule has 1 aromatic carbocycles. The van der Waals surface area contributed by atoms with Gasteiger partial charge in [-0.05, 0) is 19.1 Å². The summed E-state index contributed by atoms with van der Waals surface area (Å²) in [5.74, 6) is 4.56. The number of likely N-dealkylation sites (tertiary alicyclic amines) is 1. The summed E-state index contributed by atoms with van der Waals surface area (Å²) in [6, 6.07) is 7.16. The van der Waals surface area contributed by atoms with Gasteiger partial charge in [0.2, 0.25) is 5.60 Å². The molecular weight excluding hydrogens is 370 g/mol. The number of likely N-dealkylation sites (N-methyl/N-ethyl adjacent to an activating group) is 1. The van der Waals surface area contributed by atoms with Crippen molar-refractivity contribution in [1.29, 1.82) is 0 Å². The Labute approximate surface area is 167 Å². The van der Waals surface area contributed by atoms with E-state index in [1.54, 1.807) is 42.0 Å². The molecule has 3 aromatic rings. The summed E-state index contributed by atoms with van der Waals surface area (Å²) in [4.78, 5) is 34.0. The highest BCUT2D eigenvalue weighted by atomic mass is 16.3. The van der Waals surface area contributed by atoms with Gasteiger partial charge in [0.15, 0.2) is 5.65 Å². The summed E-state index contributed by atoms with van der Waals surface area (Å²) in [6.07, 6.45) is 3.52. The van der Waals surface area contributed by atoms with E-state index in [0.717, 1.165) is 5.69 Å². The molecule has 1 aliphatic rings. The first-order chi connectivity index (χ1) is 13.8. The molecule has 8 nitrogen and oxygen atoms in total. The van der Waals surface area contributed by atoms with Crippen molar-refractivity contribution >= 4 is 17.5 Å². The van der Waals surface area contributed by atoms with Gasteiger partial charge in [-0.1, -0.05) is 24.0 Å². The average molecular weight is 389 g/mol. The van der Waals surface area contributed by atoms with Crippen molar-refractivity contribution in [2.75, 3.05) is 13.6 Å². The van der Waals surface area contributed by atoms with Crippen LogP contribution >= 0.6 is 0 Å². The van der Waals surface area contributed by atoms with Crippen LogP contribution < -0.4 is 5.73 Å². The average Bonchev–Trinajstić information content (AvgIpc) is 3.21. The molecule has 1 fully saturated rings. The number of nitrogens with two attached hydrogens (primary N) is 1. The van der Waals surface area contributed by atoms with Gasteiger partial charge in [0.25, 0.3) is 11.8 Å². The second-order valence-electron chi connectivity index (χ2n) is 7.10. The van der Waals surface area contributed by atoms with Crippen molar-refractivity contribution in [2.24, 2.45) is 5.73 Å². The molecule has 1 atom stereocenters. The normalized spacial score (nSPS) is 18.7. The number of hydrogen-bond acceptors (Lipinski definition) is 5. The second kappa shape index (κ2) is 6.72. The lowest BCUT2D eigenvalue weighted by Gasteiger charge is -2.13. The first-order valence-electron chi connectivity index (χ1n) is 9.04. The van der Waals surface area contributed by atoms with E-state index in [4.69, 9.17) is 5.73 Å². The van der Waals surface area contributed by atoms with Gasteiger partial charge in [-0.15, -0.1) is 0 Å². The van der Waals surface area contributed by atoms with Crippen LogP contribution in [0.4, 0.5) is 0 Å². The maximum absolute atomic E-state index is 12.1. The number of carbonyl (C=O) groups excluding carboxylic acids is 2. The molecule has 29 heavy (non-hydrogen) atoms. The van der Waals surface area contributed by atoms with Crippen LogP contribution in [-0.4, -0.2) is 55.4 Å². The van der Waals surface area contributed by atoms with Gasteiger partial charge < -0.3 is 20.1 Å². The van der Waals surface area contributed by atoms with Gasteiger partial charge in [-0.25, -0.2) is 9.97 Å². The topological polar surface area (TPSA) is 114 Å². The van der Waals surface area contributed by atoms with E-state index in [9.17, 15) is 14.7 Å². The molecule has 0 aliphatic carbocycles. The van der Waals surface area contributed by atoms with Crippen LogP contribution in [0.25, 0.3) is 16.9 Å². The third-order valence-corrected chi connectivity index (χ3v) is 4.99. The standard InChI is InChI=1S/C21H19N5O3/c1-13-11-23-19-17(24-16(18(22)27)12-26(13)19)15-5-3-4-14(10-15)6-7-21(29)8-9-25(2)20(21)28/h3-5,10-12,29H,8-9H2,1-2H3,(H2,22,27). The Morgan fingerprint density at radius 2 is 2.17 bits per heavy atom. The number of aliphatic hydroxyl groups is 1. The summed E-state index contributed by atoms with van der Waals surface area (Å²) in [5.41, 5.74) is 7.11. The van der Waals surface area contributed by atoms with Crippen molar-refractivity contribution in [1.82, 2.24) is 19.3 Å². The zero-order chi connectivity index (χ0) is 20.8. The lowest BCUT2D eigenvalue weighted by atomic mass is 10.0. The van der Waals surface area contributed by atoms with E-state index >= 15 is 0 Å². The van der Waals surface area contributed by atoms with E-state index in [1.807, 2.05) is 13.0 Å². The van der Waals surface area contributed by atoms with Crippen molar-refractivity contribution in [2.45, 2.75) is 18.9 Å². The molecule has 146 valence electrons. The minimum atomic E-state index is -1.66. The van der Waals surface area contributed by atoms with Crippen LogP contribution in [0.2, 0.25) is 0 Å². The summed E-state index contributed by atoms with van der Waals surface area (Å²) in [7, 11) is 1.64. The van der Waals surface area contributed by atoms with Gasteiger partial charge in [-0.3, -0.25) is 9.59 Å².